The van der Waals surface area contributed by atoms with E-state index in [9.17, 15) is 0 Å². The Balaban J connectivity index is 2.55. The molecule has 0 bridgehead atoms. The number of ether oxygens (including phenoxy) is 1. The van der Waals surface area contributed by atoms with Crippen molar-refractivity contribution in [1.29, 1.82) is 0 Å². The smallest absolute Gasteiger partial charge is 0.0518 e. The van der Waals surface area contributed by atoms with Crippen molar-refractivity contribution in [2.45, 2.75) is 59.1 Å². The Morgan fingerprint density at radius 2 is 1.76 bits per heavy atom. The van der Waals surface area contributed by atoms with Crippen LogP contribution in [0.2, 0.25) is 0 Å². The Morgan fingerprint density at radius 3 is 2.29 bits per heavy atom. The van der Waals surface area contributed by atoms with Crippen LogP contribution in [0.15, 0.2) is 28.7 Å². The third kappa shape index (κ3) is 9.28. The monoisotopic (exact) mass is 355 g/mol. The lowest BCUT2D eigenvalue weighted by Crippen LogP contribution is -2.39. The normalized spacial score (nSPS) is 13.7. The van der Waals surface area contributed by atoms with Crippen molar-refractivity contribution in [3.63, 3.8) is 0 Å². The second-order valence-corrected chi connectivity index (χ2v) is 7.95. The molecule has 0 fully saturated rings. The minimum atomic E-state index is 0.164. The van der Waals surface area contributed by atoms with E-state index >= 15 is 0 Å². The number of hydrogen-bond acceptors (Lipinski definition) is 2. The van der Waals surface area contributed by atoms with E-state index in [1.54, 1.807) is 0 Å². The molecule has 1 N–H and O–H groups in total. The number of benzene rings is 1. The Morgan fingerprint density at radius 1 is 1.14 bits per heavy atom. The van der Waals surface area contributed by atoms with Crippen molar-refractivity contribution in [3.8, 4) is 0 Å². The first-order valence-corrected chi connectivity index (χ1v) is 8.66. The van der Waals surface area contributed by atoms with E-state index in [0.717, 1.165) is 30.5 Å². The molecule has 1 rings (SSSR count). The highest BCUT2D eigenvalue weighted by atomic mass is 79.9. The fourth-order valence-electron chi connectivity index (χ4n) is 2.15. The molecule has 0 aliphatic carbocycles. The second kappa shape index (κ2) is 8.92. The maximum absolute atomic E-state index is 5.73. The summed E-state index contributed by atoms with van der Waals surface area (Å²) in [5.74, 6) is 0.601. The molecule has 3 heteroatoms. The van der Waals surface area contributed by atoms with Crippen LogP contribution < -0.4 is 5.32 Å². The molecule has 2 nitrogen and oxygen atoms in total. The quantitative estimate of drug-likeness (QED) is 0.722. The third-order valence-electron chi connectivity index (χ3n) is 3.34. The molecule has 0 heterocycles. The average molecular weight is 356 g/mol. The van der Waals surface area contributed by atoms with E-state index in [0.29, 0.717) is 12.0 Å². The molecule has 1 atom stereocenters. The van der Waals surface area contributed by atoms with Crippen molar-refractivity contribution >= 4 is 15.9 Å². The molecule has 120 valence electrons. The van der Waals surface area contributed by atoms with Crippen molar-refractivity contribution in [2.75, 3.05) is 13.2 Å². The van der Waals surface area contributed by atoms with Crippen LogP contribution in [0.25, 0.3) is 0 Å². The summed E-state index contributed by atoms with van der Waals surface area (Å²) < 4.78 is 6.86. The summed E-state index contributed by atoms with van der Waals surface area (Å²) in [7, 11) is 0. The Labute approximate surface area is 138 Å². The fourth-order valence-corrected chi connectivity index (χ4v) is 2.42. The summed E-state index contributed by atoms with van der Waals surface area (Å²) in [5, 5.41) is 3.63. The Bertz CT molecular complexity index is 395. The minimum Gasteiger partial charge on any atom is -0.379 e. The van der Waals surface area contributed by atoms with Crippen LogP contribution in [0, 0.1) is 5.92 Å². The fraction of sp³-hybridized carbons (Fsp3) is 0.667. The topological polar surface area (TPSA) is 21.3 Å². The van der Waals surface area contributed by atoms with Gasteiger partial charge in [-0.2, -0.15) is 0 Å². The van der Waals surface area contributed by atoms with E-state index in [-0.39, 0.29) is 5.54 Å². The summed E-state index contributed by atoms with van der Waals surface area (Å²) in [5.41, 5.74) is 1.56. The molecular formula is C18H30BrNO. The molecule has 0 aliphatic heterocycles. The predicted octanol–water partition coefficient (Wildman–Crippen LogP) is 4.81. The molecule has 0 radical (unpaired) electrons. The van der Waals surface area contributed by atoms with Crippen molar-refractivity contribution in [2.24, 2.45) is 5.92 Å². The van der Waals surface area contributed by atoms with Crippen LogP contribution in [0.1, 0.15) is 46.6 Å². The van der Waals surface area contributed by atoms with Gasteiger partial charge in [0, 0.05) is 16.6 Å². The maximum Gasteiger partial charge on any atom is 0.0518 e. The number of hydrogen-bond donors (Lipinski definition) is 1. The van der Waals surface area contributed by atoms with Crippen LogP contribution in [-0.4, -0.2) is 24.8 Å². The first-order chi connectivity index (χ1) is 9.76. The van der Waals surface area contributed by atoms with E-state index in [4.69, 9.17) is 4.74 Å². The molecule has 0 amide bonds. The maximum atomic E-state index is 5.73. The molecule has 1 unspecified atom stereocenters. The third-order valence-corrected chi connectivity index (χ3v) is 3.86. The molecule has 0 aromatic heterocycles. The molecule has 21 heavy (non-hydrogen) atoms. The van der Waals surface area contributed by atoms with Crippen LogP contribution in [0.5, 0.6) is 0 Å². The van der Waals surface area contributed by atoms with Gasteiger partial charge in [0.2, 0.25) is 0 Å². The SMILES string of the molecule is CC(C)OCCC(CNC(C)(C)C)Cc1ccc(Br)cc1. The Kier molecular flexibility index (Phi) is 7.93. The highest BCUT2D eigenvalue weighted by Gasteiger charge is 2.15. The lowest BCUT2D eigenvalue weighted by molar-refractivity contribution is 0.0677. The van der Waals surface area contributed by atoms with E-state index in [1.807, 2.05) is 0 Å². The highest BCUT2D eigenvalue weighted by molar-refractivity contribution is 9.10. The number of rotatable bonds is 8. The zero-order chi connectivity index (χ0) is 15.9. The van der Waals surface area contributed by atoms with Gasteiger partial charge in [-0.3, -0.25) is 0 Å². The average Bonchev–Trinajstić information content (AvgIpc) is 2.37. The highest BCUT2D eigenvalue weighted by Crippen LogP contribution is 2.17. The van der Waals surface area contributed by atoms with Gasteiger partial charge in [0.25, 0.3) is 0 Å². The van der Waals surface area contributed by atoms with Gasteiger partial charge in [-0.05, 0) is 77.6 Å². The molecule has 1 aromatic carbocycles. The van der Waals surface area contributed by atoms with Gasteiger partial charge in [0.05, 0.1) is 6.10 Å². The standard InChI is InChI=1S/C18H30BrNO/c1-14(2)21-11-10-16(13-20-18(3,4)5)12-15-6-8-17(19)9-7-15/h6-9,14,16,20H,10-13H2,1-5H3. The van der Waals surface area contributed by atoms with Gasteiger partial charge in [-0.15, -0.1) is 0 Å². The molecule has 1 aromatic rings. The molecule has 0 spiro atoms. The van der Waals surface area contributed by atoms with Crippen LogP contribution in [0.3, 0.4) is 0 Å². The number of nitrogens with one attached hydrogen (secondary N) is 1. The van der Waals surface area contributed by atoms with Crippen LogP contribution >= 0.6 is 15.9 Å². The summed E-state index contributed by atoms with van der Waals surface area (Å²) >= 11 is 3.49. The predicted molar refractivity (Wildman–Crippen MR) is 94.8 cm³/mol. The Hall–Kier alpha value is -0.380. The molecular weight excluding hydrogens is 326 g/mol. The summed E-state index contributed by atoms with van der Waals surface area (Å²) in [4.78, 5) is 0. The second-order valence-electron chi connectivity index (χ2n) is 7.04. The summed E-state index contributed by atoms with van der Waals surface area (Å²) in [6.07, 6.45) is 2.50. The van der Waals surface area contributed by atoms with E-state index in [2.05, 4.69) is 80.1 Å². The molecule has 0 saturated heterocycles. The first kappa shape index (κ1) is 18.7. The van der Waals surface area contributed by atoms with E-state index in [1.165, 1.54) is 5.56 Å². The van der Waals surface area contributed by atoms with Gasteiger partial charge in [-0.25, -0.2) is 0 Å². The van der Waals surface area contributed by atoms with E-state index < -0.39 is 0 Å². The van der Waals surface area contributed by atoms with Crippen molar-refractivity contribution in [1.82, 2.24) is 5.32 Å². The summed E-state index contributed by atoms with van der Waals surface area (Å²) in [6, 6.07) is 8.65. The van der Waals surface area contributed by atoms with Crippen molar-refractivity contribution < 1.29 is 4.74 Å². The number of halogens is 1. The lowest BCUT2D eigenvalue weighted by Gasteiger charge is -2.26. The van der Waals surface area contributed by atoms with Gasteiger partial charge in [-0.1, -0.05) is 28.1 Å². The van der Waals surface area contributed by atoms with Gasteiger partial charge < -0.3 is 10.1 Å². The first-order valence-electron chi connectivity index (χ1n) is 7.87. The largest absolute Gasteiger partial charge is 0.379 e. The van der Waals surface area contributed by atoms with Crippen LogP contribution in [0.4, 0.5) is 0 Å². The lowest BCUT2D eigenvalue weighted by atomic mass is 9.95. The van der Waals surface area contributed by atoms with Gasteiger partial charge in [0.1, 0.15) is 0 Å². The molecule has 0 aliphatic rings. The van der Waals surface area contributed by atoms with Gasteiger partial charge >= 0.3 is 0 Å². The van der Waals surface area contributed by atoms with Gasteiger partial charge in [0.15, 0.2) is 0 Å². The minimum absolute atomic E-state index is 0.164. The van der Waals surface area contributed by atoms with Crippen LogP contribution in [-0.2, 0) is 11.2 Å². The van der Waals surface area contributed by atoms with Crippen molar-refractivity contribution in [3.05, 3.63) is 34.3 Å². The molecule has 0 saturated carbocycles. The summed E-state index contributed by atoms with van der Waals surface area (Å²) in [6.45, 7) is 12.7. The zero-order valence-electron chi connectivity index (χ0n) is 14.1. The zero-order valence-corrected chi connectivity index (χ0v) is 15.7.